The van der Waals surface area contributed by atoms with Gasteiger partial charge in [0.1, 0.15) is 11.3 Å². The maximum absolute atomic E-state index is 12.2. The highest BCUT2D eigenvalue weighted by atomic mass is 16.5. The van der Waals surface area contributed by atoms with Crippen molar-refractivity contribution in [2.75, 3.05) is 13.1 Å². The van der Waals surface area contributed by atoms with E-state index in [-0.39, 0.29) is 23.5 Å². The lowest BCUT2D eigenvalue weighted by Gasteiger charge is -2.28. The van der Waals surface area contributed by atoms with Crippen LogP contribution in [0.4, 0.5) is 0 Å². The van der Waals surface area contributed by atoms with Gasteiger partial charge in [-0.1, -0.05) is 48.7 Å². The quantitative estimate of drug-likeness (QED) is 0.279. The number of nitrogens with one attached hydrogen (secondary N) is 1. The molecule has 1 aliphatic heterocycles. The number of hydrogen-bond acceptors (Lipinski definition) is 6. The summed E-state index contributed by atoms with van der Waals surface area (Å²) in [5, 5.41) is 26.6. The van der Waals surface area contributed by atoms with E-state index < -0.39 is 5.97 Å². The summed E-state index contributed by atoms with van der Waals surface area (Å²) >= 11 is 0. The van der Waals surface area contributed by atoms with Crippen molar-refractivity contribution >= 4 is 5.97 Å². The van der Waals surface area contributed by atoms with E-state index in [2.05, 4.69) is 51.9 Å². The molecule has 3 atom stereocenters. The Hall–Kier alpha value is -3.98. The van der Waals surface area contributed by atoms with E-state index in [4.69, 9.17) is 4.74 Å². The molecule has 2 aliphatic carbocycles. The van der Waals surface area contributed by atoms with Crippen LogP contribution >= 0.6 is 0 Å². The number of hydrogen-bond donors (Lipinski definition) is 2. The number of aromatic nitrogens is 5. The standard InChI is InChI=1S/C32H36N6O3/c1-20(21-7-3-2-4-8-21)41-26-12-6-10-23(14-26)22-9-5-11-24(13-22)38-31(29(18-34-38)32(39)40)28-15-27(28)30-19-37(36-35-30)25-16-33-17-25/h5-6,9-14,18-21,25,27-28,33H,2-4,7-8,15-17H2,1H3,(H,39,40)/t20-,27?,28?/m0/s1. The first-order valence-corrected chi connectivity index (χ1v) is 14.9. The normalized spacial score (nSPS) is 21.8. The monoisotopic (exact) mass is 552 g/mol. The van der Waals surface area contributed by atoms with Gasteiger partial charge in [0.25, 0.3) is 0 Å². The maximum atomic E-state index is 12.2. The number of nitrogens with zero attached hydrogens (tertiary/aromatic N) is 5. The summed E-state index contributed by atoms with van der Waals surface area (Å²) in [4.78, 5) is 12.2. The van der Waals surface area contributed by atoms with Crippen LogP contribution in [-0.4, -0.2) is 55.0 Å². The molecule has 2 saturated carbocycles. The van der Waals surface area contributed by atoms with E-state index in [1.807, 2.05) is 35.1 Å². The van der Waals surface area contributed by atoms with Gasteiger partial charge >= 0.3 is 5.97 Å². The molecule has 41 heavy (non-hydrogen) atoms. The fourth-order valence-electron chi connectivity index (χ4n) is 6.49. The van der Waals surface area contributed by atoms with Crippen molar-refractivity contribution in [1.29, 1.82) is 0 Å². The van der Waals surface area contributed by atoms with Gasteiger partial charge < -0.3 is 15.2 Å². The van der Waals surface area contributed by atoms with E-state index in [0.717, 1.165) is 53.5 Å². The number of carboxylic acids is 1. The largest absolute Gasteiger partial charge is 0.490 e. The third-order valence-corrected chi connectivity index (χ3v) is 9.11. The lowest BCUT2D eigenvalue weighted by atomic mass is 9.86. The van der Waals surface area contributed by atoms with E-state index >= 15 is 0 Å². The lowest BCUT2D eigenvalue weighted by molar-refractivity contribution is 0.0695. The van der Waals surface area contributed by atoms with Gasteiger partial charge in [0.2, 0.25) is 0 Å². The molecule has 212 valence electrons. The maximum Gasteiger partial charge on any atom is 0.339 e. The molecule has 2 aromatic carbocycles. The van der Waals surface area contributed by atoms with Crippen molar-refractivity contribution in [2.24, 2.45) is 5.92 Å². The Labute approximate surface area is 239 Å². The fourth-order valence-corrected chi connectivity index (χ4v) is 6.49. The van der Waals surface area contributed by atoms with Crippen molar-refractivity contribution in [3.05, 3.63) is 77.9 Å². The van der Waals surface area contributed by atoms with Gasteiger partial charge in [-0.05, 0) is 67.5 Å². The Morgan fingerprint density at radius 1 is 1.05 bits per heavy atom. The highest BCUT2D eigenvalue weighted by Gasteiger charge is 2.46. The van der Waals surface area contributed by atoms with Crippen LogP contribution in [0.15, 0.2) is 60.9 Å². The highest BCUT2D eigenvalue weighted by Crippen LogP contribution is 2.55. The second kappa shape index (κ2) is 10.8. The van der Waals surface area contributed by atoms with E-state index in [1.54, 1.807) is 4.68 Å². The zero-order chi connectivity index (χ0) is 27.9. The SMILES string of the molecule is C[C@H](Oc1cccc(-c2cccc(-n3ncc(C(=O)O)c3C3CC3c3cn(C4CNC4)nn3)c2)c1)C1CCCCC1. The number of carboxylic acid groups (broad SMARTS) is 1. The molecule has 2 aromatic heterocycles. The first kappa shape index (κ1) is 26.0. The van der Waals surface area contributed by atoms with Crippen LogP contribution in [0.2, 0.25) is 0 Å². The van der Waals surface area contributed by atoms with Crippen LogP contribution in [0.25, 0.3) is 16.8 Å². The summed E-state index contributed by atoms with van der Waals surface area (Å²) in [7, 11) is 0. The summed E-state index contributed by atoms with van der Waals surface area (Å²) in [6.07, 6.45) is 10.9. The second-order valence-corrected chi connectivity index (χ2v) is 11.8. The fraction of sp³-hybridized carbons (Fsp3) is 0.438. The molecular weight excluding hydrogens is 516 g/mol. The molecule has 1 saturated heterocycles. The Bertz CT molecular complexity index is 1550. The molecule has 3 fully saturated rings. The number of carbonyl (C=O) groups is 1. The molecule has 0 radical (unpaired) electrons. The summed E-state index contributed by atoms with van der Waals surface area (Å²) < 4.78 is 10.1. The summed E-state index contributed by atoms with van der Waals surface area (Å²) in [6.45, 7) is 3.99. The molecule has 9 nitrogen and oxygen atoms in total. The minimum absolute atomic E-state index is 0.0231. The van der Waals surface area contributed by atoms with Crippen LogP contribution in [0.3, 0.4) is 0 Å². The predicted molar refractivity (Wildman–Crippen MR) is 155 cm³/mol. The minimum Gasteiger partial charge on any atom is -0.490 e. The lowest BCUT2D eigenvalue weighted by Crippen LogP contribution is -2.43. The molecule has 9 heteroatoms. The Morgan fingerprint density at radius 3 is 2.59 bits per heavy atom. The highest BCUT2D eigenvalue weighted by molar-refractivity contribution is 5.89. The van der Waals surface area contributed by atoms with Gasteiger partial charge in [-0.2, -0.15) is 5.10 Å². The van der Waals surface area contributed by atoms with Crippen molar-refractivity contribution in [3.8, 4) is 22.6 Å². The van der Waals surface area contributed by atoms with E-state index in [0.29, 0.717) is 12.0 Å². The second-order valence-electron chi connectivity index (χ2n) is 11.8. The third kappa shape index (κ3) is 5.14. The topological polar surface area (TPSA) is 107 Å². The summed E-state index contributed by atoms with van der Waals surface area (Å²) in [5.74, 6) is 0.687. The minimum atomic E-state index is -0.964. The van der Waals surface area contributed by atoms with Gasteiger partial charge in [0.15, 0.2) is 0 Å². The van der Waals surface area contributed by atoms with Gasteiger partial charge in [-0.15, -0.1) is 5.10 Å². The smallest absolute Gasteiger partial charge is 0.339 e. The van der Waals surface area contributed by atoms with Gasteiger partial charge in [0.05, 0.1) is 35.4 Å². The van der Waals surface area contributed by atoms with Crippen molar-refractivity contribution in [3.63, 3.8) is 0 Å². The van der Waals surface area contributed by atoms with E-state index in [1.165, 1.54) is 38.3 Å². The summed E-state index contributed by atoms with van der Waals surface area (Å²) in [6, 6.07) is 16.7. The molecule has 0 amide bonds. The average Bonchev–Trinajstić information content (AvgIpc) is 3.38. The average molecular weight is 553 g/mol. The number of ether oxygens (including phenoxy) is 1. The molecule has 4 aromatic rings. The zero-order valence-electron chi connectivity index (χ0n) is 23.3. The Balaban J connectivity index is 1.14. The molecule has 2 unspecified atom stereocenters. The molecule has 7 rings (SSSR count). The Morgan fingerprint density at radius 2 is 1.83 bits per heavy atom. The van der Waals surface area contributed by atoms with Crippen molar-refractivity contribution in [1.82, 2.24) is 30.1 Å². The molecule has 3 aliphatic rings. The first-order valence-electron chi connectivity index (χ1n) is 14.9. The van der Waals surface area contributed by atoms with E-state index in [9.17, 15) is 9.90 Å². The number of benzene rings is 2. The molecule has 0 spiro atoms. The van der Waals surface area contributed by atoms with Crippen LogP contribution < -0.4 is 10.1 Å². The first-order chi connectivity index (χ1) is 20.0. The molecule has 0 bridgehead atoms. The zero-order valence-corrected chi connectivity index (χ0v) is 23.3. The predicted octanol–water partition coefficient (Wildman–Crippen LogP) is 5.59. The van der Waals surface area contributed by atoms with Gasteiger partial charge in [-0.25, -0.2) is 14.2 Å². The molecular formula is C32H36N6O3. The third-order valence-electron chi connectivity index (χ3n) is 9.11. The number of aromatic carboxylic acids is 1. The van der Waals surface area contributed by atoms with Gasteiger partial charge in [0, 0.05) is 31.1 Å². The van der Waals surface area contributed by atoms with Crippen LogP contribution in [0.1, 0.15) is 85.1 Å². The van der Waals surface area contributed by atoms with Crippen LogP contribution in [0, 0.1) is 5.92 Å². The molecule has 3 heterocycles. The number of rotatable bonds is 9. The van der Waals surface area contributed by atoms with Crippen molar-refractivity contribution in [2.45, 2.75) is 69.4 Å². The van der Waals surface area contributed by atoms with Gasteiger partial charge in [-0.3, -0.25) is 0 Å². The van der Waals surface area contributed by atoms with Crippen LogP contribution in [-0.2, 0) is 0 Å². The van der Waals surface area contributed by atoms with Crippen molar-refractivity contribution < 1.29 is 14.6 Å². The molecule has 2 N–H and O–H groups in total. The summed E-state index contributed by atoms with van der Waals surface area (Å²) in [5.41, 5.74) is 4.80. The van der Waals surface area contributed by atoms with Crippen LogP contribution in [0.5, 0.6) is 5.75 Å². The Kier molecular flexibility index (Phi) is 6.82.